The van der Waals surface area contributed by atoms with Gasteiger partial charge in [0.15, 0.2) is 0 Å². The quantitative estimate of drug-likeness (QED) is 0.772. The van der Waals surface area contributed by atoms with E-state index in [1.54, 1.807) is 26.2 Å². The summed E-state index contributed by atoms with van der Waals surface area (Å²) in [6.07, 6.45) is 0. The van der Waals surface area contributed by atoms with Gasteiger partial charge in [0.2, 0.25) is 15.9 Å². The van der Waals surface area contributed by atoms with Crippen LogP contribution in [0.2, 0.25) is 0 Å². The number of rotatable bonds is 6. The summed E-state index contributed by atoms with van der Waals surface area (Å²) in [5.74, 6) is -1.49. The van der Waals surface area contributed by atoms with Gasteiger partial charge >= 0.3 is 5.97 Å². The van der Waals surface area contributed by atoms with Crippen LogP contribution in [0.4, 0.5) is 0 Å². The van der Waals surface area contributed by atoms with E-state index in [4.69, 9.17) is 5.73 Å². The summed E-state index contributed by atoms with van der Waals surface area (Å²) in [5, 5.41) is 1.56. The molecule has 1 rings (SSSR count). The lowest BCUT2D eigenvalue weighted by Gasteiger charge is -2.24. The van der Waals surface area contributed by atoms with Crippen molar-refractivity contribution in [1.82, 2.24) is 4.31 Å². The second kappa shape index (κ2) is 6.54. The Labute approximate surface area is 127 Å². The number of hydrogen-bond donors (Lipinski definition) is 1. The Hall–Kier alpha value is -1.45. The monoisotopic (exact) mass is 334 g/mol. The third-order valence-electron chi connectivity index (χ3n) is 2.74. The first-order chi connectivity index (χ1) is 9.62. The molecule has 0 saturated heterocycles. The van der Waals surface area contributed by atoms with Crippen molar-refractivity contribution in [3.05, 3.63) is 15.8 Å². The number of nitrogens with two attached hydrogens (primary N) is 1. The number of ether oxygens (including phenoxy) is 1. The van der Waals surface area contributed by atoms with Crippen molar-refractivity contribution in [2.24, 2.45) is 5.73 Å². The highest BCUT2D eigenvalue weighted by Crippen LogP contribution is 2.30. The second-order valence-corrected chi connectivity index (χ2v) is 7.39. The first-order valence-electron chi connectivity index (χ1n) is 6.09. The number of hydrogen-bond acceptors (Lipinski definition) is 6. The van der Waals surface area contributed by atoms with Crippen LogP contribution in [0.1, 0.15) is 29.1 Å². The van der Waals surface area contributed by atoms with Crippen molar-refractivity contribution >= 4 is 33.2 Å². The molecule has 1 aromatic rings. The number of esters is 1. The molecule has 0 aliphatic carbocycles. The Bertz CT molecular complexity index is 649. The van der Waals surface area contributed by atoms with E-state index >= 15 is 0 Å². The van der Waals surface area contributed by atoms with Crippen LogP contribution in [0, 0.1) is 6.92 Å². The number of amides is 1. The van der Waals surface area contributed by atoms with Crippen molar-refractivity contribution in [3.8, 4) is 0 Å². The zero-order valence-electron chi connectivity index (χ0n) is 12.2. The van der Waals surface area contributed by atoms with E-state index in [1.807, 2.05) is 0 Å². The number of carbonyl (C=O) groups excluding carboxylic acids is 2. The molecule has 0 atom stereocenters. The minimum absolute atomic E-state index is 0.00915. The zero-order chi connectivity index (χ0) is 16.4. The third-order valence-corrected chi connectivity index (χ3v) is 6.16. The molecule has 7 nitrogen and oxygen atoms in total. The first kappa shape index (κ1) is 17.6. The fourth-order valence-corrected chi connectivity index (χ4v) is 5.07. The fourth-order valence-electron chi connectivity index (χ4n) is 1.80. The van der Waals surface area contributed by atoms with E-state index in [0.29, 0.717) is 5.56 Å². The normalized spacial score (nSPS) is 11.9. The van der Waals surface area contributed by atoms with E-state index in [9.17, 15) is 18.0 Å². The molecule has 1 heterocycles. The minimum atomic E-state index is -4.03. The van der Waals surface area contributed by atoms with Crippen molar-refractivity contribution in [3.63, 3.8) is 0 Å². The van der Waals surface area contributed by atoms with Gasteiger partial charge in [-0.25, -0.2) is 13.2 Å². The predicted octanol–water partition coefficient (Wildman–Crippen LogP) is 0.728. The van der Waals surface area contributed by atoms with Gasteiger partial charge in [0.1, 0.15) is 9.77 Å². The van der Waals surface area contributed by atoms with Crippen molar-refractivity contribution in [2.75, 3.05) is 13.7 Å². The minimum Gasteiger partial charge on any atom is -0.465 e. The summed E-state index contributed by atoms with van der Waals surface area (Å²) < 4.78 is 31.1. The van der Waals surface area contributed by atoms with Gasteiger partial charge in [0.25, 0.3) is 0 Å². The molecule has 0 spiro atoms. The van der Waals surface area contributed by atoms with Crippen LogP contribution in [0.15, 0.2) is 10.3 Å². The molecule has 0 fully saturated rings. The van der Waals surface area contributed by atoms with Crippen LogP contribution >= 0.6 is 11.3 Å². The summed E-state index contributed by atoms with van der Waals surface area (Å²) in [6, 6.07) is -0.479. The highest BCUT2D eigenvalue weighted by atomic mass is 32.2. The first-order valence-corrected chi connectivity index (χ1v) is 8.41. The maximum atomic E-state index is 12.7. The molecule has 0 radical (unpaired) electrons. The Morgan fingerprint density at radius 3 is 2.43 bits per heavy atom. The molecule has 0 bridgehead atoms. The van der Waals surface area contributed by atoms with Gasteiger partial charge in [-0.2, -0.15) is 4.31 Å². The molecule has 21 heavy (non-hydrogen) atoms. The van der Waals surface area contributed by atoms with E-state index in [2.05, 4.69) is 4.74 Å². The van der Waals surface area contributed by atoms with Gasteiger partial charge in [-0.3, -0.25) is 4.79 Å². The third kappa shape index (κ3) is 3.60. The summed E-state index contributed by atoms with van der Waals surface area (Å²) >= 11 is 0.987. The number of aryl methyl sites for hydroxylation is 1. The molecule has 0 aliphatic rings. The standard InChI is InChI=1S/C12H18N2O5S2/c1-7(2)14(5-9(13)15)21(17,18)11-8(3)6-20-10(11)12(16)19-4/h6-7H,5H2,1-4H3,(H2,13,15). The van der Waals surface area contributed by atoms with Gasteiger partial charge in [0.05, 0.1) is 13.7 Å². The second-order valence-electron chi connectivity index (χ2n) is 4.68. The van der Waals surface area contributed by atoms with Crippen molar-refractivity contribution in [1.29, 1.82) is 0 Å². The van der Waals surface area contributed by atoms with Crippen LogP contribution in [-0.2, 0) is 19.6 Å². The van der Waals surface area contributed by atoms with E-state index in [0.717, 1.165) is 15.6 Å². The molecule has 9 heteroatoms. The molecular formula is C12H18N2O5S2. The van der Waals surface area contributed by atoms with Crippen LogP contribution < -0.4 is 5.73 Å². The maximum absolute atomic E-state index is 12.7. The molecule has 0 aromatic carbocycles. The Kier molecular flexibility index (Phi) is 5.48. The van der Waals surface area contributed by atoms with Crippen molar-refractivity contribution in [2.45, 2.75) is 31.7 Å². The number of nitrogens with zero attached hydrogens (tertiary/aromatic N) is 1. The number of thiophene rings is 1. The SMILES string of the molecule is COC(=O)c1scc(C)c1S(=O)(=O)N(CC(N)=O)C(C)C. The van der Waals surface area contributed by atoms with Gasteiger partial charge in [-0.1, -0.05) is 0 Å². The average Bonchev–Trinajstić information content (AvgIpc) is 2.77. The fraction of sp³-hybridized carbons (Fsp3) is 0.500. The van der Waals surface area contributed by atoms with Gasteiger partial charge in [-0.05, 0) is 31.7 Å². The molecule has 2 N–H and O–H groups in total. The number of sulfonamides is 1. The number of methoxy groups -OCH3 is 1. The maximum Gasteiger partial charge on any atom is 0.349 e. The molecule has 1 aromatic heterocycles. The van der Waals surface area contributed by atoms with Crippen LogP contribution in [0.25, 0.3) is 0 Å². The summed E-state index contributed by atoms with van der Waals surface area (Å²) in [6.45, 7) is 4.38. The number of carbonyl (C=O) groups is 2. The smallest absolute Gasteiger partial charge is 0.349 e. The largest absolute Gasteiger partial charge is 0.465 e. The van der Waals surface area contributed by atoms with E-state index in [-0.39, 0.29) is 9.77 Å². The van der Waals surface area contributed by atoms with Crippen LogP contribution in [0.3, 0.4) is 0 Å². The van der Waals surface area contributed by atoms with E-state index in [1.165, 1.54) is 7.11 Å². The Morgan fingerprint density at radius 1 is 1.43 bits per heavy atom. The topological polar surface area (TPSA) is 107 Å². The Balaban J connectivity index is 3.45. The highest BCUT2D eigenvalue weighted by Gasteiger charge is 2.34. The summed E-state index contributed by atoms with van der Waals surface area (Å²) in [7, 11) is -2.85. The summed E-state index contributed by atoms with van der Waals surface area (Å²) in [5.41, 5.74) is 5.54. The van der Waals surface area contributed by atoms with E-state index < -0.39 is 34.5 Å². The molecule has 0 aliphatic heterocycles. The van der Waals surface area contributed by atoms with Crippen LogP contribution in [0.5, 0.6) is 0 Å². The average molecular weight is 334 g/mol. The predicted molar refractivity (Wildman–Crippen MR) is 78.6 cm³/mol. The van der Waals surface area contributed by atoms with Gasteiger partial charge in [0, 0.05) is 6.04 Å². The van der Waals surface area contributed by atoms with Gasteiger partial charge < -0.3 is 10.5 Å². The zero-order valence-corrected chi connectivity index (χ0v) is 13.9. The molecule has 1 amide bonds. The lowest BCUT2D eigenvalue weighted by Crippen LogP contribution is -2.43. The molecule has 118 valence electrons. The lowest BCUT2D eigenvalue weighted by atomic mass is 10.3. The lowest BCUT2D eigenvalue weighted by molar-refractivity contribution is -0.118. The molecular weight excluding hydrogens is 316 g/mol. The number of primary amides is 1. The molecule has 0 unspecified atom stereocenters. The Morgan fingerprint density at radius 2 is 2.00 bits per heavy atom. The van der Waals surface area contributed by atoms with Crippen molar-refractivity contribution < 1.29 is 22.7 Å². The van der Waals surface area contributed by atoms with Gasteiger partial charge in [-0.15, -0.1) is 11.3 Å². The molecule has 0 saturated carbocycles. The summed E-state index contributed by atoms with van der Waals surface area (Å²) in [4.78, 5) is 22.7. The highest BCUT2D eigenvalue weighted by molar-refractivity contribution is 7.89. The van der Waals surface area contributed by atoms with Crippen LogP contribution in [-0.4, -0.2) is 44.3 Å².